The molecule has 1 aliphatic heterocycles. The van der Waals surface area contributed by atoms with Crippen LogP contribution in [0, 0.1) is 12.8 Å². The summed E-state index contributed by atoms with van der Waals surface area (Å²) in [5.41, 5.74) is 2.48. The molecule has 3 rings (SSSR count). The fourth-order valence-electron chi connectivity index (χ4n) is 2.75. The average molecular weight is 329 g/mol. The molecule has 4 nitrogen and oxygen atoms in total. The number of amides is 2. The molecule has 0 radical (unpaired) electrons. The molecule has 0 aliphatic carbocycles. The van der Waals surface area contributed by atoms with Crippen molar-refractivity contribution in [1.82, 2.24) is 0 Å². The minimum absolute atomic E-state index is 0.0810. The van der Waals surface area contributed by atoms with Gasteiger partial charge < -0.3 is 10.2 Å². The number of hydrogen-bond acceptors (Lipinski definition) is 2. The van der Waals surface area contributed by atoms with Gasteiger partial charge in [-0.2, -0.15) is 0 Å². The Bertz CT molecular complexity index is 760. The minimum Gasteiger partial charge on any atom is -0.326 e. The molecule has 118 valence electrons. The van der Waals surface area contributed by atoms with Crippen LogP contribution in [0.5, 0.6) is 0 Å². The Morgan fingerprint density at radius 3 is 2.74 bits per heavy atom. The number of carbonyl (C=O) groups is 2. The topological polar surface area (TPSA) is 49.4 Å². The van der Waals surface area contributed by atoms with Crippen LogP contribution < -0.4 is 10.2 Å². The van der Waals surface area contributed by atoms with Crippen molar-refractivity contribution in [2.75, 3.05) is 16.8 Å². The van der Waals surface area contributed by atoms with Crippen LogP contribution in [0.1, 0.15) is 12.0 Å². The highest BCUT2D eigenvalue weighted by molar-refractivity contribution is 6.33. The van der Waals surface area contributed by atoms with E-state index in [-0.39, 0.29) is 24.2 Å². The van der Waals surface area contributed by atoms with Crippen molar-refractivity contribution in [3.8, 4) is 0 Å². The van der Waals surface area contributed by atoms with Gasteiger partial charge >= 0.3 is 0 Å². The number of aryl methyl sites for hydroxylation is 1. The highest BCUT2D eigenvalue weighted by Gasteiger charge is 2.35. The zero-order chi connectivity index (χ0) is 16.4. The molecule has 1 aliphatic rings. The van der Waals surface area contributed by atoms with Gasteiger partial charge in [-0.15, -0.1) is 0 Å². The molecule has 1 fully saturated rings. The van der Waals surface area contributed by atoms with E-state index in [0.29, 0.717) is 17.3 Å². The smallest absolute Gasteiger partial charge is 0.229 e. The van der Waals surface area contributed by atoms with Gasteiger partial charge in [0.2, 0.25) is 11.8 Å². The molecule has 2 amide bonds. The lowest BCUT2D eigenvalue weighted by Gasteiger charge is -2.18. The Morgan fingerprint density at radius 2 is 2.00 bits per heavy atom. The summed E-state index contributed by atoms with van der Waals surface area (Å²) in [4.78, 5) is 26.2. The van der Waals surface area contributed by atoms with Gasteiger partial charge in [0.1, 0.15) is 0 Å². The summed E-state index contributed by atoms with van der Waals surface area (Å²) in [5.74, 6) is -0.597. The van der Waals surface area contributed by atoms with E-state index < -0.39 is 0 Å². The summed E-state index contributed by atoms with van der Waals surface area (Å²) in [6.07, 6.45) is 0.197. The van der Waals surface area contributed by atoms with Crippen LogP contribution in [0.4, 0.5) is 11.4 Å². The van der Waals surface area contributed by atoms with E-state index in [1.807, 2.05) is 43.3 Å². The summed E-state index contributed by atoms with van der Waals surface area (Å²) < 4.78 is 0. The highest BCUT2D eigenvalue weighted by atomic mass is 35.5. The van der Waals surface area contributed by atoms with E-state index in [1.54, 1.807) is 17.0 Å². The van der Waals surface area contributed by atoms with E-state index in [1.165, 1.54) is 0 Å². The molecule has 1 N–H and O–H groups in total. The Hall–Kier alpha value is -2.33. The van der Waals surface area contributed by atoms with Gasteiger partial charge in [0.15, 0.2) is 0 Å². The Balaban J connectivity index is 1.72. The van der Waals surface area contributed by atoms with E-state index >= 15 is 0 Å². The van der Waals surface area contributed by atoms with Gasteiger partial charge in [0, 0.05) is 18.7 Å². The number of nitrogens with zero attached hydrogens (tertiary/aromatic N) is 1. The highest BCUT2D eigenvalue weighted by Crippen LogP contribution is 2.31. The first-order valence-corrected chi connectivity index (χ1v) is 7.85. The Kier molecular flexibility index (Phi) is 4.35. The zero-order valence-electron chi connectivity index (χ0n) is 12.8. The largest absolute Gasteiger partial charge is 0.326 e. The number of anilines is 2. The second-order valence-corrected chi connectivity index (χ2v) is 6.12. The van der Waals surface area contributed by atoms with Crippen LogP contribution in [-0.2, 0) is 9.59 Å². The van der Waals surface area contributed by atoms with Crippen molar-refractivity contribution >= 4 is 34.8 Å². The van der Waals surface area contributed by atoms with Gasteiger partial charge in [-0.05, 0) is 36.8 Å². The third-order valence-corrected chi connectivity index (χ3v) is 4.24. The van der Waals surface area contributed by atoms with Crippen molar-refractivity contribution in [3.05, 3.63) is 59.1 Å². The maximum atomic E-state index is 12.4. The molecule has 1 heterocycles. The lowest BCUT2D eigenvalue weighted by molar-refractivity contribution is -0.122. The van der Waals surface area contributed by atoms with Crippen molar-refractivity contribution in [2.24, 2.45) is 5.92 Å². The molecular formula is C18H17ClN2O2. The third kappa shape index (κ3) is 3.37. The van der Waals surface area contributed by atoms with Gasteiger partial charge in [0.25, 0.3) is 0 Å². The summed E-state index contributed by atoms with van der Waals surface area (Å²) in [6.45, 7) is 2.31. The van der Waals surface area contributed by atoms with Crippen LogP contribution in [0.15, 0.2) is 48.5 Å². The van der Waals surface area contributed by atoms with Gasteiger partial charge in [-0.3, -0.25) is 9.59 Å². The van der Waals surface area contributed by atoms with Crippen LogP contribution in [0.2, 0.25) is 5.02 Å². The van der Waals surface area contributed by atoms with Crippen LogP contribution in [0.3, 0.4) is 0 Å². The number of hydrogen-bond donors (Lipinski definition) is 1. The maximum absolute atomic E-state index is 12.4. The van der Waals surface area contributed by atoms with Gasteiger partial charge in [0.05, 0.1) is 16.6 Å². The first kappa shape index (κ1) is 15.6. The summed E-state index contributed by atoms with van der Waals surface area (Å²) >= 11 is 6.15. The van der Waals surface area contributed by atoms with E-state index in [4.69, 9.17) is 11.6 Å². The maximum Gasteiger partial charge on any atom is 0.229 e. The van der Waals surface area contributed by atoms with Gasteiger partial charge in [-0.25, -0.2) is 0 Å². The van der Waals surface area contributed by atoms with Crippen molar-refractivity contribution in [3.63, 3.8) is 0 Å². The monoisotopic (exact) mass is 328 g/mol. The predicted molar refractivity (Wildman–Crippen MR) is 91.7 cm³/mol. The lowest BCUT2D eigenvalue weighted by atomic mass is 10.1. The molecule has 2 aromatic carbocycles. The lowest BCUT2D eigenvalue weighted by Crippen LogP contribution is -2.28. The van der Waals surface area contributed by atoms with Crippen molar-refractivity contribution in [2.45, 2.75) is 13.3 Å². The molecule has 1 atom stereocenters. The molecule has 1 saturated heterocycles. The number of carbonyl (C=O) groups excluding carboxylic acids is 2. The molecular weight excluding hydrogens is 312 g/mol. The molecule has 23 heavy (non-hydrogen) atoms. The van der Waals surface area contributed by atoms with Crippen molar-refractivity contribution in [1.29, 1.82) is 0 Å². The SMILES string of the molecule is Cc1cccc(NC(=O)C2CC(=O)N(c3ccccc3Cl)C2)c1. The number of benzene rings is 2. The van der Waals surface area contributed by atoms with Crippen LogP contribution in [-0.4, -0.2) is 18.4 Å². The number of para-hydroxylation sites is 1. The molecule has 0 aromatic heterocycles. The molecule has 1 unspecified atom stereocenters. The zero-order valence-corrected chi connectivity index (χ0v) is 13.5. The summed E-state index contributed by atoms with van der Waals surface area (Å²) in [6, 6.07) is 14.8. The second kappa shape index (κ2) is 6.42. The van der Waals surface area contributed by atoms with Gasteiger partial charge in [-0.1, -0.05) is 35.9 Å². The Labute approximate surface area is 140 Å². The minimum atomic E-state index is -0.376. The number of halogens is 1. The fraction of sp³-hybridized carbons (Fsp3) is 0.222. The molecule has 0 bridgehead atoms. The number of nitrogens with one attached hydrogen (secondary N) is 1. The van der Waals surface area contributed by atoms with E-state index in [2.05, 4.69) is 5.32 Å². The molecule has 2 aromatic rings. The summed E-state index contributed by atoms with van der Waals surface area (Å²) in [7, 11) is 0. The fourth-order valence-corrected chi connectivity index (χ4v) is 2.99. The third-order valence-electron chi connectivity index (χ3n) is 3.92. The Morgan fingerprint density at radius 1 is 1.22 bits per heavy atom. The molecule has 0 saturated carbocycles. The van der Waals surface area contributed by atoms with Crippen LogP contribution in [0.25, 0.3) is 0 Å². The van der Waals surface area contributed by atoms with Crippen LogP contribution >= 0.6 is 11.6 Å². The van der Waals surface area contributed by atoms with Crippen molar-refractivity contribution < 1.29 is 9.59 Å². The predicted octanol–water partition coefficient (Wildman–Crippen LogP) is 3.64. The second-order valence-electron chi connectivity index (χ2n) is 5.72. The average Bonchev–Trinajstić information content (AvgIpc) is 2.90. The molecule has 0 spiro atoms. The standard InChI is InChI=1S/C18H17ClN2O2/c1-12-5-4-6-14(9-12)20-18(23)13-10-17(22)21(11-13)16-8-3-2-7-15(16)19/h2-9,13H,10-11H2,1H3,(H,20,23). The normalized spacial score (nSPS) is 17.4. The van der Waals surface area contributed by atoms with E-state index in [0.717, 1.165) is 11.3 Å². The van der Waals surface area contributed by atoms with E-state index in [9.17, 15) is 9.59 Å². The summed E-state index contributed by atoms with van der Waals surface area (Å²) in [5, 5.41) is 3.40. The number of rotatable bonds is 3. The molecule has 5 heteroatoms. The first-order valence-electron chi connectivity index (χ1n) is 7.47. The quantitative estimate of drug-likeness (QED) is 0.935. The first-order chi connectivity index (χ1) is 11.0.